The molecule has 9 nitrogen and oxygen atoms in total. The van der Waals surface area contributed by atoms with Crippen molar-refractivity contribution in [2.24, 2.45) is 0 Å². The van der Waals surface area contributed by atoms with Gasteiger partial charge < -0.3 is 31.1 Å². The van der Waals surface area contributed by atoms with Crippen LogP contribution < -0.4 is 26.0 Å². The zero-order valence-corrected chi connectivity index (χ0v) is 23.1. The lowest BCUT2D eigenvalue weighted by atomic mass is 10.2. The Balaban J connectivity index is 0.000000270. The van der Waals surface area contributed by atoms with Gasteiger partial charge in [-0.3, -0.25) is 4.79 Å². The molecule has 1 aromatic heterocycles. The number of halogens is 1. The van der Waals surface area contributed by atoms with Crippen molar-refractivity contribution in [2.45, 2.75) is 13.8 Å². The van der Waals surface area contributed by atoms with Crippen molar-refractivity contribution in [3.8, 4) is 5.75 Å². The second-order valence-electron chi connectivity index (χ2n) is 7.89. The summed E-state index contributed by atoms with van der Waals surface area (Å²) in [7, 11) is 5.16. The first-order valence-electron chi connectivity index (χ1n) is 12.0. The summed E-state index contributed by atoms with van der Waals surface area (Å²) >= 11 is 6.23. The maximum absolute atomic E-state index is 11.2. The third-order valence-electron chi connectivity index (χ3n) is 4.87. The summed E-state index contributed by atoms with van der Waals surface area (Å²) in [6, 6.07) is 20.8. The highest BCUT2D eigenvalue weighted by Gasteiger charge is 2.10. The number of likely N-dealkylation sites (N-methyl/N-ethyl adjacent to an activating group) is 1. The molecule has 10 heteroatoms. The minimum atomic E-state index is -0.0203. The number of aliphatic hydroxyl groups is 1. The van der Waals surface area contributed by atoms with Crippen LogP contribution in [0.2, 0.25) is 5.02 Å². The van der Waals surface area contributed by atoms with Crippen LogP contribution >= 0.6 is 11.6 Å². The molecule has 1 amide bonds. The van der Waals surface area contributed by atoms with Gasteiger partial charge in [-0.05, 0) is 62.9 Å². The third kappa shape index (κ3) is 9.51. The number of fused-ring (bicyclic) bond motifs is 1. The number of aromatic nitrogens is 2. The van der Waals surface area contributed by atoms with Gasteiger partial charge in [-0.2, -0.15) is 0 Å². The molecule has 0 bridgehead atoms. The summed E-state index contributed by atoms with van der Waals surface area (Å²) in [5, 5.41) is 20.0. The molecule has 4 rings (SSSR count). The van der Waals surface area contributed by atoms with E-state index in [0.29, 0.717) is 34.6 Å². The van der Waals surface area contributed by atoms with Gasteiger partial charge in [-0.1, -0.05) is 35.9 Å². The van der Waals surface area contributed by atoms with Gasteiger partial charge in [0, 0.05) is 25.4 Å². The number of ether oxygens (including phenoxy) is 1. The van der Waals surface area contributed by atoms with Gasteiger partial charge in [0.2, 0.25) is 5.91 Å². The molecule has 0 atom stereocenters. The number of carbonyl (C=O) groups is 1. The summed E-state index contributed by atoms with van der Waals surface area (Å²) in [5.74, 6) is 1.95. The van der Waals surface area contributed by atoms with Gasteiger partial charge in [0.1, 0.15) is 5.75 Å². The number of para-hydroxylation sites is 2. The fourth-order valence-electron chi connectivity index (χ4n) is 3.20. The van der Waals surface area contributed by atoms with Gasteiger partial charge in [0.15, 0.2) is 11.6 Å². The Morgan fingerprint density at radius 2 is 1.63 bits per heavy atom. The predicted molar refractivity (Wildman–Crippen MR) is 157 cm³/mol. The lowest BCUT2D eigenvalue weighted by molar-refractivity contribution is -0.115. The fraction of sp³-hybridized carbons (Fsp3) is 0.250. The molecule has 1 heterocycles. The quantitative estimate of drug-likeness (QED) is 0.217. The molecular formula is C28H35ClN6O3. The Hall–Kier alpha value is -3.92. The van der Waals surface area contributed by atoms with E-state index in [1.807, 2.05) is 61.5 Å². The topological polar surface area (TPSA) is 120 Å². The fourth-order valence-corrected chi connectivity index (χ4v) is 3.37. The number of aryl methyl sites for hydroxylation is 1. The lowest BCUT2D eigenvalue weighted by Gasteiger charge is -2.13. The van der Waals surface area contributed by atoms with Crippen molar-refractivity contribution in [3.63, 3.8) is 0 Å². The van der Waals surface area contributed by atoms with Crippen molar-refractivity contribution < 1.29 is 14.6 Å². The number of amides is 1. The molecule has 0 saturated carbocycles. The Morgan fingerprint density at radius 1 is 0.974 bits per heavy atom. The number of nitrogens with one attached hydrogen (secondary N) is 4. The molecule has 0 fully saturated rings. The van der Waals surface area contributed by atoms with Crippen molar-refractivity contribution in [2.75, 3.05) is 50.3 Å². The highest BCUT2D eigenvalue weighted by molar-refractivity contribution is 6.33. The van der Waals surface area contributed by atoms with Crippen molar-refractivity contribution in [1.29, 1.82) is 0 Å². The molecule has 0 spiro atoms. The largest absolute Gasteiger partial charge is 0.497 e. The molecule has 0 unspecified atom stereocenters. The number of aliphatic hydroxyl groups excluding tert-OH is 1. The van der Waals surface area contributed by atoms with Gasteiger partial charge in [-0.15, -0.1) is 0 Å². The van der Waals surface area contributed by atoms with Crippen LogP contribution in [-0.2, 0) is 4.79 Å². The highest BCUT2D eigenvalue weighted by atomic mass is 35.5. The number of hydrogen-bond acceptors (Lipinski definition) is 8. The second kappa shape index (κ2) is 16.0. The smallest absolute Gasteiger partial charge is 0.238 e. The number of rotatable bonds is 7. The predicted octanol–water partition coefficient (Wildman–Crippen LogP) is 5.23. The van der Waals surface area contributed by atoms with E-state index in [9.17, 15) is 4.79 Å². The van der Waals surface area contributed by atoms with E-state index in [2.05, 4.69) is 31.2 Å². The number of carbonyl (C=O) groups excluding carboxylic acids is 1. The van der Waals surface area contributed by atoms with E-state index in [0.717, 1.165) is 22.3 Å². The van der Waals surface area contributed by atoms with E-state index in [1.165, 1.54) is 0 Å². The first-order chi connectivity index (χ1) is 18.3. The average Bonchev–Trinajstić information content (AvgIpc) is 2.90. The molecule has 0 aliphatic rings. The number of hydrogen-bond donors (Lipinski definition) is 5. The lowest BCUT2D eigenvalue weighted by Crippen LogP contribution is -2.24. The van der Waals surface area contributed by atoms with Crippen LogP contribution in [0.5, 0.6) is 5.75 Å². The zero-order valence-electron chi connectivity index (χ0n) is 22.3. The average molecular weight is 539 g/mol. The van der Waals surface area contributed by atoms with Crippen LogP contribution in [0, 0.1) is 6.92 Å². The van der Waals surface area contributed by atoms with E-state index in [-0.39, 0.29) is 12.5 Å². The van der Waals surface area contributed by atoms with Gasteiger partial charge in [0.05, 0.1) is 35.4 Å². The number of nitrogens with zero attached hydrogens (tertiary/aromatic N) is 2. The van der Waals surface area contributed by atoms with E-state index < -0.39 is 0 Å². The first-order valence-corrected chi connectivity index (χ1v) is 12.4. The third-order valence-corrected chi connectivity index (χ3v) is 5.20. The minimum absolute atomic E-state index is 0.0203. The minimum Gasteiger partial charge on any atom is -0.497 e. The molecule has 202 valence electrons. The Morgan fingerprint density at radius 3 is 2.21 bits per heavy atom. The van der Waals surface area contributed by atoms with Crippen LogP contribution in [0.1, 0.15) is 12.5 Å². The zero-order chi connectivity index (χ0) is 27.9. The molecule has 0 aliphatic heterocycles. The summed E-state index contributed by atoms with van der Waals surface area (Å²) in [6.07, 6.45) is 0. The maximum atomic E-state index is 11.2. The monoisotopic (exact) mass is 538 g/mol. The van der Waals surface area contributed by atoms with Crippen LogP contribution in [0.4, 0.5) is 23.0 Å². The van der Waals surface area contributed by atoms with Crippen LogP contribution in [-0.4, -0.2) is 55.3 Å². The molecule has 0 saturated heterocycles. The summed E-state index contributed by atoms with van der Waals surface area (Å²) in [5.41, 5.74) is 4.33. The Kier molecular flexibility index (Phi) is 12.8. The summed E-state index contributed by atoms with van der Waals surface area (Å²) in [4.78, 5) is 20.3. The first kappa shape index (κ1) is 30.3. The summed E-state index contributed by atoms with van der Waals surface area (Å²) < 4.78 is 5.22. The number of benzene rings is 3. The summed E-state index contributed by atoms with van der Waals surface area (Å²) in [6.45, 7) is 4.27. The molecule has 3 aromatic carbocycles. The molecular weight excluding hydrogens is 504 g/mol. The van der Waals surface area contributed by atoms with Crippen molar-refractivity contribution in [3.05, 3.63) is 77.3 Å². The van der Waals surface area contributed by atoms with Crippen LogP contribution in [0.3, 0.4) is 0 Å². The number of anilines is 4. The SMILES string of the molecule is CCO.CNCC(=O)Nc1cccc(C)c1.CNc1nc2ccccc2nc1Nc1cc(OC)ccc1Cl. The van der Waals surface area contributed by atoms with Crippen molar-refractivity contribution in [1.82, 2.24) is 15.3 Å². The molecule has 0 radical (unpaired) electrons. The van der Waals surface area contributed by atoms with E-state index >= 15 is 0 Å². The van der Waals surface area contributed by atoms with E-state index in [1.54, 1.807) is 40.3 Å². The molecule has 5 N–H and O–H groups in total. The van der Waals surface area contributed by atoms with Gasteiger partial charge in [-0.25, -0.2) is 9.97 Å². The van der Waals surface area contributed by atoms with Crippen molar-refractivity contribution >= 4 is 51.6 Å². The molecule has 0 aliphatic carbocycles. The molecule has 38 heavy (non-hydrogen) atoms. The van der Waals surface area contributed by atoms with Crippen LogP contribution in [0.15, 0.2) is 66.7 Å². The van der Waals surface area contributed by atoms with Gasteiger partial charge in [0.25, 0.3) is 0 Å². The highest BCUT2D eigenvalue weighted by Crippen LogP contribution is 2.31. The van der Waals surface area contributed by atoms with E-state index in [4.69, 9.17) is 21.4 Å². The van der Waals surface area contributed by atoms with Gasteiger partial charge >= 0.3 is 0 Å². The number of methoxy groups -OCH3 is 1. The Bertz CT molecular complexity index is 1320. The maximum Gasteiger partial charge on any atom is 0.238 e. The van der Waals surface area contributed by atoms with Crippen LogP contribution in [0.25, 0.3) is 11.0 Å². The molecule has 4 aromatic rings. The Labute approximate surface area is 228 Å². The normalized spacial score (nSPS) is 9.87. The second-order valence-corrected chi connectivity index (χ2v) is 8.30. The standard InChI is InChI=1S/C16H15ClN4O.C10H14N2O.C2H6O/c1-18-15-16(20-13-6-4-3-5-12(13)19-15)21-14-9-10(22-2)7-8-11(14)17;1-8-4-3-5-9(6-8)12-10(13)7-11-2;1-2-3/h3-9H,1-2H3,(H,18,19)(H,20,21);3-6,11H,7H2,1-2H3,(H,12,13);3H,2H2,1H3.